The standard InChI is InChI=1S/C17H25NO/c1-17-9-5-4-6-13(16(17)18-2)10-12-7-8-14(19-3)11-15(12)17/h7-8,11,13,16,18H,4-6,9-10H2,1-3H3. The van der Waals surface area contributed by atoms with Crippen molar-refractivity contribution in [3.05, 3.63) is 29.3 Å². The fourth-order valence-corrected chi connectivity index (χ4v) is 4.49. The van der Waals surface area contributed by atoms with E-state index in [1.54, 1.807) is 12.7 Å². The van der Waals surface area contributed by atoms with Crippen molar-refractivity contribution in [3.63, 3.8) is 0 Å². The molecule has 3 rings (SSSR count). The van der Waals surface area contributed by atoms with E-state index in [0.29, 0.717) is 6.04 Å². The fraction of sp³-hybridized carbons (Fsp3) is 0.647. The summed E-state index contributed by atoms with van der Waals surface area (Å²) < 4.78 is 5.44. The Balaban J connectivity index is 2.13. The molecule has 0 heterocycles. The van der Waals surface area contributed by atoms with E-state index in [-0.39, 0.29) is 5.41 Å². The molecule has 2 aliphatic rings. The van der Waals surface area contributed by atoms with Gasteiger partial charge in [0.1, 0.15) is 5.75 Å². The summed E-state index contributed by atoms with van der Waals surface area (Å²) in [7, 11) is 3.89. The number of hydrogen-bond donors (Lipinski definition) is 1. The molecule has 2 heteroatoms. The first-order valence-corrected chi connectivity index (χ1v) is 7.53. The molecular formula is C17H25NO. The predicted octanol–water partition coefficient (Wildman–Crippen LogP) is 3.29. The zero-order chi connectivity index (χ0) is 13.5. The Morgan fingerprint density at radius 1 is 1.32 bits per heavy atom. The van der Waals surface area contributed by atoms with Crippen molar-refractivity contribution in [2.75, 3.05) is 14.2 Å². The van der Waals surface area contributed by atoms with E-state index in [1.807, 2.05) is 0 Å². The van der Waals surface area contributed by atoms with Crippen molar-refractivity contribution in [2.24, 2.45) is 5.92 Å². The SMILES string of the molecule is CNC1C2CCCCC1(C)c1cc(OC)ccc1C2. The third-order valence-electron chi connectivity index (χ3n) is 5.40. The van der Waals surface area contributed by atoms with E-state index >= 15 is 0 Å². The normalized spacial score (nSPS) is 33.4. The molecule has 0 amide bonds. The molecule has 0 saturated heterocycles. The summed E-state index contributed by atoms with van der Waals surface area (Å²) >= 11 is 0. The van der Waals surface area contributed by atoms with Crippen molar-refractivity contribution >= 4 is 0 Å². The van der Waals surface area contributed by atoms with Gasteiger partial charge in [-0.3, -0.25) is 0 Å². The summed E-state index contributed by atoms with van der Waals surface area (Å²) in [6, 6.07) is 7.29. The Labute approximate surface area is 116 Å². The summed E-state index contributed by atoms with van der Waals surface area (Å²) in [4.78, 5) is 0. The summed E-state index contributed by atoms with van der Waals surface area (Å²) in [5, 5.41) is 3.62. The van der Waals surface area contributed by atoms with E-state index in [9.17, 15) is 0 Å². The lowest BCUT2D eigenvalue weighted by Crippen LogP contribution is -2.52. The van der Waals surface area contributed by atoms with Gasteiger partial charge in [0.25, 0.3) is 0 Å². The molecule has 1 aromatic rings. The number of fused-ring (bicyclic) bond motifs is 4. The van der Waals surface area contributed by atoms with Crippen LogP contribution in [0.1, 0.15) is 43.7 Å². The maximum absolute atomic E-state index is 5.44. The zero-order valence-electron chi connectivity index (χ0n) is 12.3. The Morgan fingerprint density at radius 2 is 2.16 bits per heavy atom. The van der Waals surface area contributed by atoms with E-state index in [4.69, 9.17) is 4.74 Å². The maximum atomic E-state index is 5.44. The van der Waals surface area contributed by atoms with Crippen LogP contribution in [0.2, 0.25) is 0 Å². The third-order valence-corrected chi connectivity index (χ3v) is 5.40. The van der Waals surface area contributed by atoms with Crippen LogP contribution in [0.4, 0.5) is 0 Å². The molecule has 1 saturated carbocycles. The van der Waals surface area contributed by atoms with E-state index < -0.39 is 0 Å². The maximum Gasteiger partial charge on any atom is 0.119 e. The molecule has 104 valence electrons. The number of benzene rings is 1. The first-order chi connectivity index (χ1) is 9.19. The lowest BCUT2D eigenvalue weighted by Gasteiger charge is -2.46. The number of methoxy groups -OCH3 is 1. The van der Waals surface area contributed by atoms with Gasteiger partial charge in [0.15, 0.2) is 0 Å². The van der Waals surface area contributed by atoms with Crippen molar-refractivity contribution in [1.82, 2.24) is 5.32 Å². The number of nitrogens with one attached hydrogen (secondary N) is 1. The van der Waals surface area contributed by atoms with Crippen LogP contribution in [0.25, 0.3) is 0 Å². The lowest BCUT2D eigenvalue weighted by molar-refractivity contribution is 0.220. The Kier molecular flexibility index (Phi) is 3.30. The largest absolute Gasteiger partial charge is 0.497 e. The highest BCUT2D eigenvalue weighted by atomic mass is 16.5. The second-order valence-electron chi connectivity index (χ2n) is 6.42. The van der Waals surface area contributed by atoms with Crippen molar-refractivity contribution < 1.29 is 4.74 Å². The van der Waals surface area contributed by atoms with Gasteiger partial charge in [-0.15, -0.1) is 0 Å². The second-order valence-corrected chi connectivity index (χ2v) is 6.42. The molecule has 2 bridgehead atoms. The van der Waals surface area contributed by atoms with Crippen LogP contribution in [0.15, 0.2) is 18.2 Å². The monoisotopic (exact) mass is 259 g/mol. The smallest absolute Gasteiger partial charge is 0.119 e. The quantitative estimate of drug-likeness (QED) is 0.880. The zero-order valence-corrected chi connectivity index (χ0v) is 12.3. The molecule has 1 aromatic carbocycles. The molecule has 1 fully saturated rings. The van der Waals surface area contributed by atoms with Gasteiger partial charge in [0, 0.05) is 11.5 Å². The highest BCUT2D eigenvalue weighted by Gasteiger charge is 2.45. The Morgan fingerprint density at radius 3 is 2.89 bits per heavy atom. The molecule has 2 nitrogen and oxygen atoms in total. The van der Waals surface area contributed by atoms with Gasteiger partial charge in [-0.2, -0.15) is 0 Å². The minimum absolute atomic E-state index is 0.262. The van der Waals surface area contributed by atoms with Crippen molar-refractivity contribution in [2.45, 2.75) is 50.5 Å². The van der Waals surface area contributed by atoms with Gasteiger partial charge in [-0.25, -0.2) is 0 Å². The van der Waals surface area contributed by atoms with Gasteiger partial charge in [0.2, 0.25) is 0 Å². The Bertz CT molecular complexity index is 470. The highest BCUT2D eigenvalue weighted by molar-refractivity contribution is 5.44. The van der Waals surface area contributed by atoms with Crippen molar-refractivity contribution in [3.8, 4) is 5.75 Å². The first-order valence-electron chi connectivity index (χ1n) is 7.53. The van der Waals surface area contributed by atoms with Crippen LogP contribution in [0.3, 0.4) is 0 Å². The second kappa shape index (κ2) is 4.82. The van der Waals surface area contributed by atoms with Gasteiger partial charge in [-0.05, 0) is 55.5 Å². The summed E-state index contributed by atoms with van der Waals surface area (Å²) in [6.45, 7) is 2.45. The van der Waals surface area contributed by atoms with Crippen LogP contribution in [0.5, 0.6) is 5.75 Å². The molecular weight excluding hydrogens is 234 g/mol. The van der Waals surface area contributed by atoms with Crippen molar-refractivity contribution in [1.29, 1.82) is 0 Å². The average Bonchev–Trinajstić information content (AvgIpc) is 2.54. The van der Waals surface area contributed by atoms with Gasteiger partial charge in [-0.1, -0.05) is 25.8 Å². The number of ether oxygens (including phenoxy) is 1. The van der Waals surface area contributed by atoms with Crippen LogP contribution in [-0.2, 0) is 11.8 Å². The van der Waals surface area contributed by atoms with Gasteiger partial charge < -0.3 is 10.1 Å². The third kappa shape index (κ3) is 1.97. The fourth-order valence-electron chi connectivity index (χ4n) is 4.49. The van der Waals surface area contributed by atoms with Crippen LogP contribution >= 0.6 is 0 Å². The molecule has 3 atom stereocenters. The molecule has 3 unspecified atom stereocenters. The van der Waals surface area contributed by atoms with E-state index in [0.717, 1.165) is 11.7 Å². The molecule has 0 spiro atoms. The van der Waals surface area contributed by atoms with Gasteiger partial charge >= 0.3 is 0 Å². The molecule has 0 aromatic heterocycles. The molecule has 1 N–H and O–H groups in total. The average molecular weight is 259 g/mol. The summed E-state index contributed by atoms with van der Waals surface area (Å²) in [5.74, 6) is 1.79. The number of rotatable bonds is 2. The lowest BCUT2D eigenvalue weighted by atomic mass is 9.63. The van der Waals surface area contributed by atoms with E-state index in [1.165, 1.54) is 37.7 Å². The van der Waals surface area contributed by atoms with E-state index in [2.05, 4.69) is 37.5 Å². The predicted molar refractivity (Wildman–Crippen MR) is 78.9 cm³/mol. The minimum atomic E-state index is 0.262. The molecule has 0 aliphatic heterocycles. The van der Waals surface area contributed by atoms with Gasteiger partial charge in [0.05, 0.1) is 7.11 Å². The molecule has 19 heavy (non-hydrogen) atoms. The van der Waals surface area contributed by atoms with Crippen LogP contribution < -0.4 is 10.1 Å². The highest BCUT2D eigenvalue weighted by Crippen LogP contribution is 2.47. The summed E-state index contributed by atoms with van der Waals surface area (Å²) in [5.41, 5.74) is 3.32. The Hall–Kier alpha value is -1.02. The number of likely N-dealkylation sites (N-methyl/N-ethyl adjacent to an activating group) is 1. The molecule has 0 radical (unpaired) electrons. The number of hydrogen-bond acceptors (Lipinski definition) is 2. The topological polar surface area (TPSA) is 21.3 Å². The van der Waals surface area contributed by atoms with Crippen LogP contribution in [0, 0.1) is 5.92 Å². The summed E-state index contributed by atoms with van der Waals surface area (Å²) in [6.07, 6.45) is 6.60. The minimum Gasteiger partial charge on any atom is -0.497 e. The van der Waals surface area contributed by atoms with Crippen LogP contribution in [-0.4, -0.2) is 20.2 Å². The molecule has 2 aliphatic carbocycles. The first kappa shape index (κ1) is 13.0.